The molecule has 0 spiro atoms. The van der Waals surface area contributed by atoms with Crippen molar-refractivity contribution in [3.8, 4) is 11.4 Å². The van der Waals surface area contributed by atoms with Gasteiger partial charge in [-0.2, -0.15) is 4.98 Å². The quantitative estimate of drug-likeness (QED) is 0.372. The Morgan fingerprint density at radius 2 is 1.66 bits per heavy atom. The van der Waals surface area contributed by atoms with Crippen LogP contribution in [-0.2, 0) is 5.75 Å². The third-order valence-electron chi connectivity index (χ3n) is 5.31. The van der Waals surface area contributed by atoms with E-state index in [0.717, 1.165) is 34.3 Å². The van der Waals surface area contributed by atoms with Crippen LogP contribution in [0.4, 0.5) is 0 Å². The van der Waals surface area contributed by atoms with Crippen molar-refractivity contribution in [1.29, 1.82) is 0 Å². The fourth-order valence-electron chi connectivity index (χ4n) is 3.65. The average molecular weight is 400 g/mol. The van der Waals surface area contributed by atoms with Gasteiger partial charge in [0, 0.05) is 22.9 Å². The smallest absolute Gasteiger partial charge is 0.230 e. The Morgan fingerprint density at radius 3 is 2.41 bits per heavy atom. The van der Waals surface area contributed by atoms with Crippen molar-refractivity contribution in [3.05, 3.63) is 95.5 Å². The van der Waals surface area contributed by atoms with E-state index in [1.54, 1.807) is 11.8 Å². The monoisotopic (exact) mass is 399 g/mol. The molecule has 29 heavy (non-hydrogen) atoms. The maximum absolute atomic E-state index is 5.56. The van der Waals surface area contributed by atoms with Gasteiger partial charge in [0.05, 0.1) is 5.03 Å². The second-order valence-corrected chi connectivity index (χ2v) is 8.36. The van der Waals surface area contributed by atoms with E-state index in [4.69, 9.17) is 9.51 Å². The first-order chi connectivity index (χ1) is 14.3. The molecule has 1 aliphatic rings. The molecule has 0 aliphatic heterocycles. The van der Waals surface area contributed by atoms with Gasteiger partial charge in [0.2, 0.25) is 11.7 Å². The van der Waals surface area contributed by atoms with Crippen molar-refractivity contribution in [3.63, 3.8) is 0 Å². The van der Waals surface area contributed by atoms with E-state index in [1.165, 1.54) is 11.1 Å². The minimum atomic E-state index is 0.295. The summed E-state index contributed by atoms with van der Waals surface area (Å²) in [5.41, 5.74) is 4.68. The maximum Gasteiger partial charge on any atom is 0.230 e. The largest absolute Gasteiger partial charge is 0.339 e. The van der Waals surface area contributed by atoms with Crippen LogP contribution in [0.3, 0.4) is 0 Å². The van der Waals surface area contributed by atoms with Crippen molar-refractivity contribution in [2.75, 3.05) is 0 Å². The Labute approximate surface area is 174 Å². The van der Waals surface area contributed by atoms with Crippen LogP contribution >= 0.6 is 11.8 Å². The van der Waals surface area contributed by atoms with Crippen molar-refractivity contribution >= 4 is 11.8 Å². The van der Waals surface area contributed by atoms with Crippen LogP contribution in [0.25, 0.3) is 11.4 Å². The molecule has 1 fully saturated rings. The van der Waals surface area contributed by atoms with Crippen LogP contribution in [0.2, 0.25) is 0 Å². The average Bonchev–Trinajstić information content (AvgIpc) is 3.40. The van der Waals surface area contributed by atoms with Crippen LogP contribution in [0.15, 0.2) is 82.3 Å². The van der Waals surface area contributed by atoms with Crippen molar-refractivity contribution in [1.82, 2.24) is 15.1 Å². The van der Waals surface area contributed by atoms with E-state index in [2.05, 4.69) is 53.5 Å². The Balaban J connectivity index is 1.26. The number of aryl methyl sites for hydroxylation is 1. The summed E-state index contributed by atoms with van der Waals surface area (Å²) in [5.74, 6) is 3.04. The third-order valence-corrected chi connectivity index (χ3v) is 6.31. The first-order valence-corrected chi connectivity index (χ1v) is 10.8. The second-order valence-electron chi connectivity index (χ2n) is 7.37. The van der Waals surface area contributed by atoms with Crippen LogP contribution in [0.5, 0.6) is 0 Å². The fourth-order valence-corrected chi connectivity index (χ4v) is 4.53. The molecule has 2 heterocycles. The Morgan fingerprint density at radius 1 is 0.897 bits per heavy atom. The number of rotatable bonds is 6. The molecule has 144 valence electrons. The molecule has 1 saturated carbocycles. The molecule has 1 aliphatic carbocycles. The number of thioether (sulfide) groups is 1. The van der Waals surface area contributed by atoms with Crippen LogP contribution in [0.1, 0.15) is 41.0 Å². The summed E-state index contributed by atoms with van der Waals surface area (Å²) in [7, 11) is 0. The van der Waals surface area contributed by atoms with Gasteiger partial charge in [-0.1, -0.05) is 71.9 Å². The molecular formula is C24H21N3OS. The molecule has 2 atom stereocenters. The highest BCUT2D eigenvalue weighted by Gasteiger charge is 2.44. The highest BCUT2D eigenvalue weighted by molar-refractivity contribution is 7.98. The Bertz CT molecular complexity index is 1110. The summed E-state index contributed by atoms with van der Waals surface area (Å²) in [6.45, 7) is 2.10. The molecule has 2 unspecified atom stereocenters. The summed E-state index contributed by atoms with van der Waals surface area (Å²) in [6, 6.07) is 24.8. The zero-order valence-corrected chi connectivity index (χ0v) is 17.0. The maximum atomic E-state index is 5.56. The van der Waals surface area contributed by atoms with Crippen molar-refractivity contribution in [2.45, 2.75) is 36.0 Å². The standard InChI is InChI=1S/C24H21N3OS/c1-16-19(12-13-22(25-16)29-15-17-8-4-2-5-9-17)20-14-21(20)24-26-23(27-28-24)18-10-6-3-7-11-18/h2-13,20-21H,14-15H2,1H3. The van der Waals surface area contributed by atoms with Gasteiger partial charge in [-0.3, -0.25) is 0 Å². The second kappa shape index (κ2) is 7.84. The van der Waals surface area contributed by atoms with E-state index >= 15 is 0 Å². The molecule has 0 amide bonds. The predicted octanol–water partition coefficient (Wildman–Crippen LogP) is 6.00. The van der Waals surface area contributed by atoms with Crippen molar-refractivity contribution in [2.24, 2.45) is 0 Å². The van der Waals surface area contributed by atoms with Gasteiger partial charge in [0.1, 0.15) is 0 Å². The number of hydrogen-bond acceptors (Lipinski definition) is 5. The lowest BCUT2D eigenvalue weighted by Gasteiger charge is -2.07. The molecule has 4 nitrogen and oxygen atoms in total. The molecule has 0 bridgehead atoms. The lowest BCUT2D eigenvalue weighted by atomic mass is 10.1. The molecule has 4 aromatic rings. The number of aromatic nitrogens is 3. The SMILES string of the molecule is Cc1nc(SCc2ccccc2)ccc1C1CC1c1nc(-c2ccccc2)no1. The summed E-state index contributed by atoms with van der Waals surface area (Å²) in [5, 5.41) is 5.23. The van der Waals surface area contributed by atoms with E-state index in [-0.39, 0.29) is 0 Å². The highest BCUT2D eigenvalue weighted by Crippen LogP contribution is 2.55. The van der Waals surface area contributed by atoms with E-state index < -0.39 is 0 Å². The molecule has 5 rings (SSSR count). The molecule has 5 heteroatoms. The van der Waals surface area contributed by atoms with Gasteiger partial charge in [-0.25, -0.2) is 4.98 Å². The van der Waals surface area contributed by atoms with Gasteiger partial charge in [0.15, 0.2) is 0 Å². The Hall–Kier alpha value is -2.92. The zero-order valence-electron chi connectivity index (χ0n) is 16.2. The lowest BCUT2D eigenvalue weighted by Crippen LogP contribution is -1.94. The highest BCUT2D eigenvalue weighted by atomic mass is 32.2. The van der Waals surface area contributed by atoms with Gasteiger partial charge in [0.25, 0.3) is 0 Å². The minimum absolute atomic E-state index is 0.295. The van der Waals surface area contributed by atoms with Crippen LogP contribution in [-0.4, -0.2) is 15.1 Å². The summed E-state index contributed by atoms with van der Waals surface area (Å²) >= 11 is 1.77. The van der Waals surface area contributed by atoms with E-state index in [0.29, 0.717) is 17.7 Å². The summed E-state index contributed by atoms with van der Waals surface area (Å²) < 4.78 is 5.56. The zero-order chi connectivity index (χ0) is 19.6. The molecule has 0 saturated heterocycles. The fraction of sp³-hybridized carbons (Fsp3) is 0.208. The van der Waals surface area contributed by atoms with Gasteiger partial charge >= 0.3 is 0 Å². The molecule has 2 aromatic carbocycles. The topological polar surface area (TPSA) is 51.8 Å². The molecule has 2 aromatic heterocycles. The van der Waals surface area contributed by atoms with Crippen molar-refractivity contribution < 1.29 is 4.52 Å². The first-order valence-electron chi connectivity index (χ1n) is 9.81. The van der Waals surface area contributed by atoms with Gasteiger partial charge in [-0.05, 0) is 36.5 Å². The predicted molar refractivity (Wildman–Crippen MR) is 115 cm³/mol. The normalized spacial score (nSPS) is 18.0. The Kier molecular flexibility index (Phi) is 4.90. The van der Waals surface area contributed by atoms with Crippen LogP contribution in [0, 0.1) is 6.92 Å². The number of nitrogens with zero attached hydrogens (tertiary/aromatic N) is 3. The molecule has 0 radical (unpaired) electrons. The van der Waals surface area contributed by atoms with Gasteiger partial charge in [-0.15, -0.1) is 11.8 Å². The van der Waals surface area contributed by atoms with E-state index in [1.807, 2.05) is 36.4 Å². The summed E-state index contributed by atoms with van der Waals surface area (Å²) in [4.78, 5) is 9.45. The molecule has 0 N–H and O–H groups in total. The number of pyridine rings is 1. The molecular weight excluding hydrogens is 378 g/mol. The summed E-state index contributed by atoms with van der Waals surface area (Å²) in [6.07, 6.45) is 1.04. The number of benzene rings is 2. The minimum Gasteiger partial charge on any atom is -0.339 e. The van der Waals surface area contributed by atoms with E-state index in [9.17, 15) is 0 Å². The van der Waals surface area contributed by atoms with Gasteiger partial charge < -0.3 is 4.52 Å². The number of hydrogen-bond donors (Lipinski definition) is 0. The lowest BCUT2D eigenvalue weighted by molar-refractivity contribution is 0.378. The third kappa shape index (κ3) is 3.96. The van der Waals surface area contributed by atoms with Crippen LogP contribution < -0.4 is 0 Å². The first kappa shape index (κ1) is 18.1.